The van der Waals surface area contributed by atoms with Crippen LogP contribution >= 0.6 is 11.6 Å². The smallest absolute Gasteiger partial charge is 0.171 e. The van der Waals surface area contributed by atoms with Crippen LogP contribution in [0.2, 0.25) is 5.02 Å². The summed E-state index contributed by atoms with van der Waals surface area (Å²) in [5.74, 6) is -0.322. The van der Waals surface area contributed by atoms with Gasteiger partial charge in [-0.3, -0.25) is 9.48 Å². The van der Waals surface area contributed by atoms with E-state index < -0.39 is 0 Å². The number of halogens is 2. The fraction of sp³-hybridized carbons (Fsp3) is 0.0909. The molecule has 0 saturated carbocycles. The molecule has 3 nitrogen and oxygen atoms in total. The summed E-state index contributed by atoms with van der Waals surface area (Å²) < 4.78 is 14.3. The van der Waals surface area contributed by atoms with Crippen LogP contribution in [0.25, 0.3) is 11.3 Å². The molecular formula is C11H8ClFN2O. The molecular weight excluding hydrogens is 231 g/mol. The zero-order valence-electron chi connectivity index (χ0n) is 8.45. The summed E-state index contributed by atoms with van der Waals surface area (Å²) in [6.07, 6.45) is 0.593. The van der Waals surface area contributed by atoms with Crippen LogP contribution < -0.4 is 0 Å². The van der Waals surface area contributed by atoms with Crippen molar-refractivity contribution in [3.8, 4) is 11.3 Å². The largest absolute Gasteiger partial charge is 0.296 e. The van der Waals surface area contributed by atoms with Gasteiger partial charge in [-0.1, -0.05) is 11.6 Å². The molecule has 0 aliphatic carbocycles. The molecule has 0 bridgehead atoms. The first kappa shape index (κ1) is 10.8. The van der Waals surface area contributed by atoms with E-state index in [0.29, 0.717) is 12.0 Å². The van der Waals surface area contributed by atoms with E-state index in [1.54, 1.807) is 19.2 Å². The minimum absolute atomic E-state index is 0.184. The SMILES string of the molecule is Cn1nc(C=O)c(Cl)c1-c1ccc(F)cc1. The number of nitrogens with zero attached hydrogens (tertiary/aromatic N) is 2. The summed E-state index contributed by atoms with van der Waals surface area (Å²) in [6, 6.07) is 5.85. The van der Waals surface area contributed by atoms with Crippen molar-refractivity contribution in [3.63, 3.8) is 0 Å². The second-order valence-corrected chi connectivity index (χ2v) is 3.67. The highest BCUT2D eigenvalue weighted by Crippen LogP contribution is 2.29. The van der Waals surface area contributed by atoms with Crippen LogP contribution in [0, 0.1) is 5.82 Å². The average Bonchev–Trinajstić information content (AvgIpc) is 2.56. The lowest BCUT2D eigenvalue weighted by Gasteiger charge is -2.02. The van der Waals surface area contributed by atoms with Gasteiger partial charge in [-0.05, 0) is 24.3 Å². The molecule has 16 heavy (non-hydrogen) atoms. The third kappa shape index (κ3) is 1.72. The number of benzene rings is 1. The van der Waals surface area contributed by atoms with Crippen molar-refractivity contribution in [1.29, 1.82) is 0 Å². The van der Waals surface area contributed by atoms with E-state index in [-0.39, 0.29) is 16.5 Å². The number of aldehydes is 1. The molecule has 0 unspecified atom stereocenters. The van der Waals surface area contributed by atoms with Crippen molar-refractivity contribution < 1.29 is 9.18 Å². The minimum Gasteiger partial charge on any atom is -0.296 e. The van der Waals surface area contributed by atoms with E-state index in [2.05, 4.69) is 5.10 Å². The molecule has 0 spiro atoms. The summed E-state index contributed by atoms with van der Waals surface area (Å²) in [5.41, 5.74) is 1.50. The van der Waals surface area contributed by atoms with Crippen LogP contribution in [0.15, 0.2) is 24.3 Å². The third-order valence-electron chi connectivity index (χ3n) is 2.24. The number of hydrogen-bond acceptors (Lipinski definition) is 2. The average molecular weight is 239 g/mol. The molecule has 0 N–H and O–H groups in total. The van der Waals surface area contributed by atoms with Crippen molar-refractivity contribution in [2.24, 2.45) is 7.05 Å². The number of rotatable bonds is 2. The molecule has 0 saturated heterocycles. The first-order valence-corrected chi connectivity index (χ1v) is 4.95. The molecule has 5 heteroatoms. The Hall–Kier alpha value is -1.68. The normalized spacial score (nSPS) is 10.4. The molecule has 0 atom stereocenters. The van der Waals surface area contributed by atoms with Crippen LogP contribution in [0.4, 0.5) is 4.39 Å². The van der Waals surface area contributed by atoms with Gasteiger partial charge in [0.05, 0.1) is 10.7 Å². The lowest BCUT2D eigenvalue weighted by atomic mass is 10.1. The maximum Gasteiger partial charge on any atom is 0.171 e. The minimum atomic E-state index is -0.322. The van der Waals surface area contributed by atoms with Crippen LogP contribution in [0.1, 0.15) is 10.5 Å². The molecule has 2 aromatic rings. The van der Waals surface area contributed by atoms with Crippen LogP contribution in [-0.2, 0) is 7.05 Å². The Bertz CT molecular complexity index is 534. The van der Waals surface area contributed by atoms with Gasteiger partial charge in [0, 0.05) is 12.6 Å². The van der Waals surface area contributed by atoms with Crippen molar-refractivity contribution in [2.75, 3.05) is 0 Å². The Morgan fingerprint density at radius 3 is 2.50 bits per heavy atom. The maximum absolute atomic E-state index is 12.8. The third-order valence-corrected chi connectivity index (χ3v) is 2.62. The molecule has 0 fully saturated rings. The van der Waals surface area contributed by atoms with Gasteiger partial charge in [0.1, 0.15) is 11.5 Å². The number of aromatic nitrogens is 2. The molecule has 82 valence electrons. The highest BCUT2D eigenvalue weighted by Gasteiger charge is 2.15. The van der Waals surface area contributed by atoms with Gasteiger partial charge in [0.25, 0.3) is 0 Å². The number of carbonyl (C=O) groups is 1. The van der Waals surface area contributed by atoms with Crippen molar-refractivity contribution >= 4 is 17.9 Å². The molecule has 1 aromatic heterocycles. The molecule has 1 aromatic carbocycles. The zero-order chi connectivity index (χ0) is 11.7. The predicted molar refractivity (Wildman–Crippen MR) is 59.0 cm³/mol. The zero-order valence-corrected chi connectivity index (χ0v) is 9.20. The first-order valence-electron chi connectivity index (χ1n) is 4.57. The summed E-state index contributed by atoms with van der Waals surface area (Å²) in [4.78, 5) is 10.7. The fourth-order valence-corrected chi connectivity index (χ4v) is 1.83. The van der Waals surface area contributed by atoms with E-state index >= 15 is 0 Å². The highest BCUT2D eigenvalue weighted by atomic mass is 35.5. The predicted octanol–water partition coefficient (Wildman–Crippen LogP) is 2.69. The molecule has 0 aliphatic rings. The van der Waals surface area contributed by atoms with E-state index in [4.69, 9.17) is 11.6 Å². The van der Waals surface area contributed by atoms with E-state index in [0.717, 1.165) is 5.56 Å². The lowest BCUT2D eigenvalue weighted by molar-refractivity contribution is 0.111. The molecule has 1 heterocycles. The lowest BCUT2D eigenvalue weighted by Crippen LogP contribution is -1.94. The van der Waals surface area contributed by atoms with Crippen LogP contribution in [0.3, 0.4) is 0 Å². The summed E-state index contributed by atoms with van der Waals surface area (Å²) >= 11 is 6.00. The Balaban J connectivity index is 2.59. The Labute approximate surface area is 96.5 Å². The number of carbonyl (C=O) groups excluding carboxylic acids is 1. The Morgan fingerprint density at radius 2 is 2.00 bits per heavy atom. The van der Waals surface area contributed by atoms with E-state index in [1.807, 2.05) is 0 Å². The first-order chi connectivity index (χ1) is 7.63. The molecule has 0 radical (unpaired) electrons. The van der Waals surface area contributed by atoms with Gasteiger partial charge < -0.3 is 0 Å². The van der Waals surface area contributed by atoms with E-state index in [1.165, 1.54) is 16.8 Å². The summed E-state index contributed by atoms with van der Waals surface area (Å²) in [5, 5.41) is 4.23. The van der Waals surface area contributed by atoms with Crippen molar-refractivity contribution in [2.45, 2.75) is 0 Å². The van der Waals surface area contributed by atoms with Crippen LogP contribution in [-0.4, -0.2) is 16.1 Å². The molecule has 0 aliphatic heterocycles. The van der Waals surface area contributed by atoms with Gasteiger partial charge in [-0.25, -0.2) is 4.39 Å². The van der Waals surface area contributed by atoms with Crippen LogP contribution in [0.5, 0.6) is 0 Å². The van der Waals surface area contributed by atoms with Gasteiger partial charge in [-0.2, -0.15) is 5.10 Å². The topological polar surface area (TPSA) is 34.9 Å². The number of aryl methyl sites for hydroxylation is 1. The molecule has 0 amide bonds. The van der Waals surface area contributed by atoms with Gasteiger partial charge >= 0.3 is 0 Å². The van der Waals surface area contributed by atoms with Gasteiger partial charge in [0.2, 0.25) is 0 Å². The van der Waals surface area contributed by atoms with Gasteiger partial charge in [0.15, 0.2) is 6.29 Å². The Kier molecular flexibility index (Phi) is 2.75. The number of hydrogen-bond donors (Lipinski definition) is 0. The van der Waals surface area contributed by atoms with Crippen molar-refractivity contribution in [3.05, 3.63) is 40.8 Å². The van der Waals surface area contributed by atoms with Crippen molar-refractivity contribution in [1.82, 2.24) is 9.78 Å². The maximum atomic E-state index is 12.8. The summed E-state index contributed by atoms with van der Waals surface area (Å²) in [6.45, 7) is 0. The highest BCUT2D eigenvalue weighted by molar-refractivity contribution is 6.35. The monoisotopic (exact) mass is 238 g/mol. The van der Waals surface area contributed by atoms with Gasteiger partial charge in [-0.15, -0.1) is 0 Å². The standard InChI is InChI=1S/C11H8ClFN2O/c1-15-11(10(12)9(6-16)14-15)7-2-4-8(13)5-3-7/h2-6H,1H3. The summed E-state index contributed by atoms with van der Waals surface area (Å²) in [7, 11) is 1.68. The second-order valence-electron chi connectivity index (χ2n) is 3.30. The van der Waals surface area contributed by atoms with E-state index in [9.17, 15) is 9.18 Å². The Morgan fingerprint density at radius 1 is 1.38 bits per heavy atom. The molecule has 2 rings (SSSR count). The fourth-order valence-electron chi connectivity index (χ4n) is 1.52. The second kappa shape index (κ2) is 4.06. The quantitative estimate of drug-likeness (QED) is 0.754.